The van der Waals surface area contributed by atoms with Gasteiger partial charge in [0.15, 0.2) is 0 Å². The summed E-state index contributed by atoms with van der Waals surface area (Å²) in [6.45, 7) is -2.03. The molecule has 0 saturated carbocycles. The Labute approximate surface area is 121 Å². The quantitative estimate of drug-likeness (QED) is 0.693. The monoisotopic (exact) mass is 307 g/mol. The van der Waals surface area contributed by atoms with E-state index in [-0.39, 0.29) is 17.2 Å². The van der Waals surface area contributed by atoms with Gasteiger partial charge in [0.1, 0.15) is 5.75 Å². The van der Waals surface area contributed by atoms with Crippen molar-refractivity contribution in [3.05, 3.63) is 29.8 Å². The van der Waals surface area contributed by atoms with Crippen molar-refractivity contribution in [3.63, 3.8) is 0 Å². The van der Waals surface area contributed by atoms with E-state index in [1.165, 1.54) is 30.2 Å². The first-order valence-corrected chi connectivity index (χ1v) is 6.51. The molecule has 20 heavy (non-hydrogen) atoms. The Morgan fingerprint density at radius 1 is 1.35 bits per heavy atom. The van der Waals surface area contributed by atoms with E-state index in [1.54, 1.807) is 6.07 Å². The van der Waals surface area contributed by atoms with Crippen LogP contribution in [0.4, 0.5) is 8.78 Å². The lowest BCUT2D eigenvalue weighted by Gasteiger charge is -2.22. The lowest BCUT2D eigenvalue weighted by atomic mass is 10.1. The first-order valence-electron chi connectivity index (χ1n) is 5.98. The van der Waals surface area contributed by atoms with Gasteiger partial charge in [0.05, 0.1) is 12.2 Å². The molecule has 0 aliphatic carbocycles. The van der Waals surface area contributed by atoms with E-state index in [0.29, 0.717) is 19.7 Å². The second-order valence-corrected chi connectivity index (χ2v) is 4.23. The van der Waals surface area contributed by atoms with E-state index < -0.39 is 12.5 Å². The van der Waals surface area contributed by atoms with Gasteiger partial charge in [-0.3, -0.25) is 4.79 Å². The molecule has 0 spiro atoms. The minimum absolute atomic E-state index is 0.0778. The first kappa shape index (κ1) is 16.7. The van der Waals surface area contributed by atoms with Crippen molar-refractivity contribution < 1.29 is 23.0 Å². The third-order valence-electron chi connectivity index (χ3n) is 2.54. The third kappa shape index (κ3) is 4.94. The van der Waals surface area contributed by atoms with Crippen LogP contribution in [0.15, 0.2) is 24.3 Å². The fraction of sp³-hybridized carbons (Fsp3) is 0.462. The van der Waals surface area contributed by atoms with Crippen LogP contribution >= 0.6 is 11.6 Å². The number of alkyl halides is 3. The van der Waals surface area contributed by atoms with Crippen LogP contribution in [0.25, 0.3) is 0 Å². The van der Waals surface area contributed by atoms with Crippen LogP contribution in [-0.2, 0) is 4.74 Å². The zero-order chi connectivity index (χ0) is 15.0. The smallest absolute Gasteiger partial charge is 0.387 e. The molecular weight excluding hydrogens is 292 g/mol. The number of halogens is 3. The average Bonchev–Trinajstić information content (AvgIpc) is 2.42. The van der Waals surface area contributed by atoms with Gasteiger partial charge in [-0.1, -0.05) is 12.1 Å². The molecule has 0 atom stereocenters. The number of hydrogen-bond acceptors (Lipinski definition) is 3. The number of carbonyl (C=O) groups is 1. The molecule has 1 amide bonds. The van der Waals surface area contributed by atoms with Gasteiger partial charge in [-0.05, 0) is 12.1 Å². The summed E-state index contributed by atoms with van der Waals surface area (Å²) in [5.74, 6) is -0.323. The summed E-state index contributed by atoms with van der Waals surface area (Å²) in [7, 11) is 1.51. The molecule has 1 aromatic rings. The summed E-state index contributed by atoms with van der Waals surface area (Å²) in [5.41, 5.74) is 0.0778. The Kier molecular flexibility index (Phi) is 7.25. The number of hydrogen-bond donors (Lipinski definition) is 0. The van der Waals surface area contributed by atoms with Crippen molar-refractivity contribution in [2.24, 2.45) is 0 Å². The lowest BCUT2D eigenvalue weighted by molar-refractivity contribution is -0.0502. The summed E-state index contributed by atoms with van der Waals surface area (Å²) in [6, 6.07) is 5.87. The molecule has 4 nitrogen and oxygen atoms in total. The number of nitrogens with zero attached hydrogens (tertiary/aromatic N) is 1. The molecule has 0 fully saturated rings. The number of ether oxygens (including phenoxy) is 2. The van der Waals surface area contributed by atoms with E-state index in [9.17, 15) is 13.6 Å². The van der Waals surface area contributed by atoms with Gasteiger partial charge in [0.25, 0.3) is 5.91 Å². The van der Waals surface area contributed by atoms with Crippen LogP contribution in [0.5, 0.6) is 5.75 Å². The molecule has 0 aliphatic rings. The summed E-state index contributed by atoms with van der Waals surface area (Å²) >= 11 is 5.64. The van der Waals surface area contributed by atoms with Crippen LogP contribution < -0.4 is 4.74 Å². The molecule has 0 aliphatic heterocycles. The zero-order valence-corrected chi connectivity index (χ0v) is 11.8. The molecule has 0 radical (unpaired) electrons. The molecule has 1 aromatic carbocycles. The topological polar surface area (TPSA) is 38.8 Å². The fourth-order valence-electron chi connectivity index (χ4n) is 1.63. The molecule has 0 aromatic heterocycles. The van der Waals surface area contributed by atoms with Crippen molar-refractivity contribution in [3.8, 4) is 5.75 Å². The summed E-state index contributed by atoms with van der Waals surface area (Å²) < 4.78 is 33.9. The number of methoxy groups -OCH3 is 1. The van der Waals surface area contributed by atoms with Crippen molar-refractivity contribution in [2.45, 2.75) is 6.61 Å². The van der Waals surface area contributed by atoms with Crippen molar-refractivity contribution in [1.82, 2.24) is 4.90 Å². The van der Waals surface area contributed by atoms with Crippen LogP contribution in [0.3, 0.4) is 0 Å². The van der Waals surface area contributed by atoms with E-state index in [0.717, 1.165) is 0 Å². The maximum atomic E-state index is 12.3. The maximum absolute atomic E-state index is 12.3. The Bertz CT molecular complexity index is 432. The normalized spacial score (nSPS) is 10.7. The number of carbonyl (C=O) groups excluding carboxylic acids is 1. The minimum atomic E-state index is -2.98. The van der Waals surface area contributed by atoms with E-state index in [4.69, 9.17) is 16.3 Å². The average molecular weight is 308 g/mol. The van der Waals surface area contributed by atoms with Crippen LogP contribution in [0.2, 0.25) is 0 Å². The first-order chi connectivity index (χ1) is 9.60. The van der Waals surface area contributed by atoms with Crippen LogP contribution in [-0.4, -0.2) is 50.1 Å². The maximum Gasteiger partial charge on any atom is 0.387 e. The Morgan fingerprint density at radius 3 is 2.65 bits per heavy atom. The highest BCUT2D eigenvalue weighted by atomic mass is 35.5. The van der Waals surface area contributed by atoms with Gasteiger partial charge in [-0.25, -0.2) is 0 Å². The van der Waals surface area contributed by atoms with Crippen LogP contribution in [0.1, 0.15) is 10.4 Å². The second kappa shape index (κ2) is 8.71. The van der Waals surface area contributed by atoms with Crippen molar-refractivity contribution in [1.29, 1.82) is 0 Å². The second-order valence-electron chi connectivity index (χ2n) is 3.85. The molecular formula is C13H16ClF2NO3. The van der Waals surface area contributed by atoms with Gasteiger partial charge in [0, 0.05) is 26.1 Å². The molecule has 1 rings (SSSR count). The van der Waals surface area contributed by atoms with Gasteiger partial charge < -0.3 is 14.4 Å². The molecule has 0 bridgehead atoms. The third-order valence-corrected chi connectivity index (χ3v) is 2.71. The number of amides is 1. The van der Waals surface area contributed by atoms with Gasteiger partial charge in [-0.2, -0.15) is 8.78 Å². The van der Waals surface area contributed by atoms with Crippen LogP contribution in [0, 0.1) is 0 Å². The SMILES string of the molecule is COCCN(CCCl)C(=O)c1ccccc1OC(F)F. The van der Waals surface area contributed by atoms with Crippen molar-refractivity contribution >= 4 is 17.5 Å². The summed E-state index contributed by atoms with van der Waals surface area (Å²) in [6.07, 6.45) is 0. The zero-order valence-electron chi connectivity index (χ0n) is 11.0. The highest BCUT2D eigenvalue weighted by Crippen LogP contribution is 2.21. The predicted octanol–water partition coefficient (Wildman–Crippen LogP) is 2.62. The van der Waals surface area contributed by atoms with Gasteiger partial charge >= 0.3 is 6.61 Å². The fourth-order valence-corrected chi connectivity index (χ4v) is 1.83. The number of rotatable bonds is 8. The largest absolute Gasteiger partial charge is 0.434 e. The Hall–Kier alpha value is -1.40. The van der Waals surface area contributed by atoms with E-state index >= 15 is 0 Å². The van der Waals surface area contributed by atoms with Crippen molar-refractivity contribution in [2.75, 3.05) is 32.7 Å². The molecule has 112 valence electrons. The van der Waals surface area contributed by atoms with Gasteiger partial charge in [-0.15, -0.1) is 11.6 Å². The highest BCUT2D eigenvalue weighted by Gasteiger charge is 2.20. The number of para-hydroxylation sites is 1. The lowest BCUT2D eigenvalue weighted by Crippen LogP contribution is -2.35. The molecule has 0 N–H and O–H groups in total. The standard InChI is InChI=1S/C13H16ClF2NO3/c1-19-9-8-17(7-6-14)12(18)10-4-2-3-5-11(10)20-13(15)16/h2-5,13H,6-9H2,1H3. The Balaban J connectivity index is 2.92. The number of benzene rings is 1. The van der Waals surface area contributed by atoms with Gasteiger partial charge in [0.2, 0.25) is 0 Å². The van der Waals surface area contributed by atoms with E-state index in [1.807, 2.05) is 0 Å². The molecule has 0 heterocycles. The molecule has 0 unspecified atom stereocenters. The predicted molar refractivity (Wildman–Crippen MR) is 71.6 cm³/mol. The molecule has 7 heteroatoms. The van der Waals surface area contributed by atoms with E-state index in [2.05, 4.69) is 4.74 Å². The summed E-state index contributed by atoms with van der Waals surface area (Å²) in [4.78, 5) is 13.8. The highest BCUT2D eigenvalue weighted by molar-refractivity contribution is 6.18. The summed E-state index contributed by atoms with van der Waals surface area (Å²) in [5, 5.41) is 0. The minimum Gasteiger partial charge on any atom is -0.434 e. The Morgan fingerprint density at radius 2 is 2.05 bits per heavy atom. The molecule has 0 saturated heterocycles.